The molecule has 126 valence electrons. The van der Waals surface area contributed by atoms with Crippen LogP contribution in [-0.2, 0) is 30.3 Å². The van der Waals surface area contributed by atoms with E-state index in [4.69, 9.17) is 24.7 Å². The molecule has 1 aromatic rings. The number of primary amides is 1. The number of benzene rings is 1. The third-order valence-corrected chi connectivity index (χ3v) is 3.91. The number of aliphatic hydroxyl groups is 1. The largest absolute Gasteiger partial charge is 0.380 e. The van der Waals surface area contributed by atoms with E-state index in [0.717, 1.165) is 5.56 Å². The number of rotatable bonds is 5. The molecule has 7 nitrogen and oxygen atoms in total. The van der Waals surface area contributed by atoms with Gasteiger partial charge in [-0.2, -0.15) is 0 Å². The molecule has 3 rings (SSSR count). The first-order chi connectivity index (χ1) is 10.9. The van der Waals surface area contributed by atoms with Crippen LogP contribution in [0.2, 0.25) is 0 Å². The van der Waals surface area contributed by atoms with Crippen molar-refractivity contribution in [1.29, 1.82) is 0 Å². The molecule has 2 heterocycles. The van der Waals surface area contributed by atoms with Gasteiger partial charge in [-0.3, -0.25) is 4.79 Å². The van der Waals surface area contributed by atoms with Gasteiger partial charge in [0, 0.05) is 0 Å². The molecule has 0 aromatic heterocycles. The lowest BCUT2D eigenvalue weighted by atomic mass is 10.0. The Morgan fingerprint density at radius 2 is 2.04 bits per heavy atom. The van der Waals surface area contributed by atoms with Crippen molar-refractivity contribution in [3.63, 3.8) is 0 Å². The second kappa shape index (κ2) is 6.18. The predicted molar refractivity (Wildman–Crippen MR) is 78.9 cm³/mol. The summed E-state index contributed by atoms with van der Waals surface area (Å²) in [6.07, 6.45) is -4.32. The summed E-state index contributed by atoms with van der Waals surface area (Å²) in [5.74, 6) is -1.69. The van der Waals surface area contributed by atoms with Crippen LogP contribution in [0.15, 0.2) is 30.3 Å². The molecule has 2 aliphatic rings. The fourth-order valence-electron chi connectivity index (χ4n) is 2.88. The highest BCUT2D eigenvalue weighted by atomic mass is 16.8. The molecule has 0 saturated carbocycles. The number of hydrogen-bond donors (Lipinski definition) is 2. The zero-order chi connectivity index (χ0) is 16.6. The smallest absolute Gasteiger partial charge is 0.249 e. The van der Waals surface area contributed by atoms with Gasteiger partial charge < -0.3 is 29.8 Å². The van der Waals surface area contributed by atoms with E-state index < -0.39 is 42.4 Å². The molecule has 0 bridgehead atoms. The Morgan fingerprint density at radius 3 is 2.70 bits per heavy atom. The summed E-state index contributed by atoms with van der Waals surface area (Å²) in [5.41, 5.74) is 6.14. The van der Waals surface area contributed by atoms with Crippen molar-refractivity contribution in [2.45, 2.75) is 56.9 Å². The van der Waals surface area contributed by atoms with E-state index in [9.17, 15) is 9.90 Å². The second-order valence-corrected chi connectivity index (χ2v) is 6.18. The van der Waals surface area contributed by atoms with Crippen molar-refractivity contribution in [1.82, 2.24) is 0 Å². The maximum Gasteiger partial charge on any atom is 0.249 e. The Morgan fingerprint density at radius 1 is 1.35 bits per heavy atom. The van der Waals surface area contributed by atoms with E-state index in [1.54, 1.807) is 13.8 Å². The molecule has 1 amide bonds. The highest BCUT2D eigenvalue weighted by Gasteiger charge is 2.57. The van der Waals surface area contributed by atoms with Gasteiger partial charge in [0.2, 0.25) is 5.91 Å². The van der Waals surface area contributed by atoms with Gasteiger partial charge in [-0.15, -0.1) is 0 Å². The van der Waals surface area contributed by atoms with Gasteiger partial charge in [0.25, 0.3) is 0 Å². The zero-order valence-corrected chi connectivity index (χ0v) is 13.0. The number of carbonyl (C=O) groups excluding carboxylic acids is 1. The minimum atomic E-state index is -1.49. The zero-order valence-electron chi connectivity index (χ0n) is 13.0. The number of hydrogen-bond acceptors (Lipinski definition) is 6. The molecule has 0 aliphatic carbocycles. The van der Waals surface area contributed by atoms with Gasteiger partial charge >= 0.3 is 0 Å². The van der Waals surface area contributed by atoms with Gasteiger partial charge in [0.1, 0.15) is 18.3 Å². The average Bonchev–Trinajstić information content (AvgIpc) is 2.97. The van der Waals surface area contributed by atoms with Crippen LogP contribution in [0.5, 0.6) is 0 Å². The van der Waals surface area contributed by atoms with Crippen LogP contribution < -0.4 is 5.73 Å². The monoisotopic (exact) mass is 323 g/mol. The number of fused-ring (bicyclic) bond motifs is 1. The summed E-state index contributed by atoms with van der Waals surface area (Å²) in [5, 5.41) is 9.99. The number of ether oxygens (including phenoxy) is 4. The molecular formula is C16H21NO6. The molecule has 7 heteroatoms. The molecule has 23 heavy (non-hydrogen) atoms. The maximum absolute atomic E-state index is 11.3. The Bertz CT molecular complexity index is 563. The summed E-state index contributed by atoms with van der Waals surface area (Å²) in [6, 6.07) is 9.56. The molecular weight excluding hydrogens is 302 g/mol. The molecule has 2 saturated heterocycles. The van der Waals surface area contributed by atoms with Crippen molar-refractivity contribution < 1.29 is 28.8 Å². The highest BCUT2D eigenvalue weighted by molar-refractivity contribution is 5.79. The molecule has 0 spiro atoms. The quantitative estimate of drug-likeness (QED) is 0.808. The number of aliphatic hydroxyl groups excluding tert-OH is 1. The van der Waals surface area contributed by atoms with Crippen LogP contribution >= 0.6 is 0 Å². The van der Waals surface area contributed by atoms with E-state index in [-0.39, 0.29) is 0 Å². The summed E-state index contributed by atoms with van der Waals surface area (Å²) < 4.78 is 22.9. The molecule has 5 atom stereocenters. The SMILES string of the molecule is CC1(C)O[C@H]2O[C@H]([C@H](O)C(N)=O)[C@H](OCc3ccccc3)[C@H]2O1. The highest BCUT2D eigenvalue weighted by Crippen LogP contribution is 2.39. The van der Waals surface area contributed by atoms with E-state index in [0.29, 0.717) is 6.61 Å². The first-order valence-electron chi connectivity index (χ1n) is 7.51. The fraction of sp³-hybridized carbons (Fsp3) is 0.562. The van der Waals surface area contributed by atoms with Crippen molar-refractivity contribution in [2.75, 3.05) is 0 Å². The van der Waals surface area contributed by atoms with Crippen molar-refractivity contribution >= 4 is 5.91 Å². The van der Waals surface area contributed by atoms with E-state index in [1.807, 2.05) is 30.3 Å². The normalized spacial score (nSPS) is 33.3. The van der Waals surface area contributed by atoms with Gasteiger partial charge in [-0.05, 0) is 19.4 Å². The third kappa shape index (κ3) is 3.39. The lowest BCUT2D eigenvalue weighted by molar-refractivity contribution is -0.229. The van der Waals surface area contributed by atoms with Crippen LogP contribution in [0.4, 0.5) is 0 Å². The Balaban J connectivity index is 1.75. The van der Waals surface area contributed by atoms with Crippen molar-refractivity contribution in [3.05, 3.63) is 35.9 Å². The summed E-state index contributed by atoms with van der Waals surface area (Å²) in [4.78, 5) is 11.3. The van der Waals surface area contributed by atoms with Gasteiger partial charge in [-0.1, -0.05) is 30.3 Å². The number of nitrogens with two attached hydrogens (primary N) is 1. The minimum Gasteiger partial charge on any atom is -0.380 e. The molecule has 0 radical (unpaired) electrons. The number of carbonyl (C=O) groups is 1. The maximum atomic E-state index is 11.3. The van der Waals surface area contributed by atoms with Crippen LogP contribution in [-0.4, -0.2) is 47.5 Å². The summed E-state index contributed by atoms with van der Waals surface area (Å²) >= 11 is 0. The fourth-order valence-corrected chi connectivity index (χ4v) is 2.88. The lowest BCUT2D eigenvalue weighted by Gasteiger charge is -2.27. The predicted octanol–water partition coefficient (Wildman–Crippen LogP) is 0.294. The van der Waals surface area contributed by atoms with Crippen molar-refractivity contribution in [2.24, 2.45) is 5.73 Å². The van der Waals surface area contributed by atoms with E-state index >= 15 is 0 Å². The van der Waals surface area contributed by atoms with E-state index in [1.165, 1.54) is 0 Å². The third-order valence-electron chi connectivity index (χ3n) is 3.91. The Hall–Kier alpha value is -1.51. The van der Waals surface area contributed by atoms with Crippen LogP contribution in [0.1, 0.15) is 19.4 Å². The average molecular weight is 323 g/mol. The first-order valence-corrected chi connectivity index (χ1v) is 7.51. The second-order valence-electron chi connectivity index (χ2n) is 6.18. The van der Waals surface area contributed by atoms with E-state index in [2.05, 4.69) is 0 Å². The first kappa shape index (κ1) is 16.4. The van der Waals surface area contributed by atoms with Gasteiger partial charge in [0.15, 0.2) is 18.2 Å². The van der Waals surface area contributed by atoms with Gasteiger partial charge in [0.05, 0.1) is 6.61 Å². The van der Waals surface area contributed by atoms with Crippen LogP contribution in [0.25, 0.3) is 0 Å². The molecule has 0 unspecified atom stereocenters. The topological polar surface area (TPSA) is 100 Å². The minimum absolute atomic E-state index is 0.295. The van der Waals surface area contributed by atoms with Crippen LogP contribution in [0.3, 0.4) is 0 Å². The molecule has 1 aromatic carbocycles. The molecule has 2 fully saturated rings. The molecule has 2 aliphatic heterocycles. The van der Waals surface area contributed by atoms with Crippen molar-refractivity contribution in [3.8, 4) is 0 Å². The Kier molecular flexibility index (Phi) is 4.39. The standard InChI is InChI=1S/C16H21NO6/c1-16(2)22-13-12(20-8-9-6-4-3-5-7-9)11(10(18)14(17)19)21-15(13)23-16/h3-7,10-13,15,18H,8H2,1-2H3,(H2,17,19)/t10-,11+,12-,13+,15+/m0/s1. The van der Waals surface area contributed by atoms with Gasteiger partial charge in [-0.25, -0.2) is 0 Å². The summed E-state index contributed by atoms with van der Waals surface area (Å²) in [6.45, 7) is 3.83. The number of amides is 1. The Labute approximate surface area is 134 Å². The molecule has 3 N–H and O–H groups in total. The summed E-state index contributed by atoms with van der Waals surface area (Å²) in [7, 11) is 0. The van der Waals surface area contributed by atoms with Crippen LogP contribution in [0, 0.1) is 0 Å². The lowest BCUT2D eigenvalue weighted by Crippen LogP contribution is -2.47.